The van der Waals surface area contributed by atoms with Crippen molar-refractivity contribution in [2.24, 2.45) is 5.92 Å². The van der Waals surface area contributed by atoms with Crippen LogP contribution in [0.15, 0.2) is 24.3 Å². The summed E-state index contributed by atoms with van der Waals surface area (Å²) in [4.78, 5) is 0. The molecule has 15 heavy (non-hydrogen) atoms. The molecule has 0 radical (unpaired) electrons. The molecule has 2 unspecified atom stereocenters. The number of rotatable bonds is 4. The largest absolute Gasteiger partial charge is 0.198 e. The maximum atomic E-state index is 8.82. The van der Waals surface area contributed by atoms with Crippen LogP contribution in [0.25, 0.3) is 0 Å². The molecule has 0 aromatic heterocycles. The highest BCUT2D eigenvalue weighted by Crippen LogP contribution is 2.26. The Morgan fingerprint density at radius 2 is 1.87 bits per heavy atom. The molecule has 0 bridgehead atoms. The molecule has 1 aromatic rings. The van der Waals surface area contributed by atoms with E-state index >= 15 is 0 Å². The SMILES string of the molecule is CCC(CC(C)C#N)c1ccc(C)cc1. The van der Waals surface area contributed by atoms with Crippen LogP contribution in [0, 0.1) is 24.2 Å². The topological polar surface area (TPSA) is 23.8 Å². The first-order valence-corrected chi connectivity index (χ1v) is 5.63. The zero-order valence-corrected chi connectivity index (χ0v) is 9.83. The van der Waals surface area contributed by atoms with Crippen molar-refractivity contribution in [1.29, 1.82) is 5.26 Å². The second-order valence-corrected chi connectivity index (χ2v) is 4.28. The first-order chi connectivity index (χ1) is 7.17. The van der Waals surface area contributed by atoms with E-state index in [1.807, 2.05) is 6.92 Å². The lowest BCUT2D eigenvalue weighted by atomic mass is 9.88. The van der Waals surface area contributed by atoms with Crippen molar-refractivity contribution in [3.8, 4) is 6.07 Å². The molecule has 0 amide bonds. The van der Waals surface area contributed by atoms with Gasteiger partial charge in [0.05, 0.1) is 6.07 Å². The fourth-order valence-electron chi connectivity index (χ4n) is 1.86. The van der Waals surface area contributed by atoms with Crippen molar-refractivity contribution < 1.29 is 0 Å². The van der Waals surface area contributed by atoms with Gasteiger partial charge in [-0.2, -0.15) is 5.26 Å². The van der Waals surface area contributed by atoms with Gasteiger partial charge in [-0.05, 0) is 38.2 Å². The lowest BCUT2D eigenvalue weighted by Gasteiger charge is -2.16. The summed E-state index contributed by atoms with van der Waals surface area (Å²) in [6.45, 7) is 6.29. The molecule has 1 rings (SSSR count). The smallest absolute Gasteiger partial charge is 0.0653 e. The van der Waals surface area contributed by atoms with Crippen LogP contribution in [-0.2, 0) is 0 Å². The maximum absolute atomic E-state index is 8.82. The van der Waals surface area contributed by atoms with Crippen molar-refractivity contribution >= 4 is 0 Å². The average Bonchev–Trinajstić information content (AvgIpc) is 2.27. The Morgan fingerprint density at radius 3 is 2.33 bits per heavy atom. The first kappa shape index (κ1) is 11.8. The molecule has 0 fully saturated rings. The van der Waals surface area contributed by atoms with Crippen LogP contribution in [0.1, 0.15) is 43.7 Å². The summed E-state index contributed by atoms with van der Waals surface area (Å²) in [5.74, 6) is 0.677. The molecule has 1 aromatic carbocycles. The number of benzene rings is 1. The van der Waals surface area contributed by atoms with E-state index in [1.165, 1.54) is 11.1 Å². The Labute approximate surface area is 92.7 Å². The van der Waals surface area contributed by atoms with Gasteiger partial charge in [0.2, 0.25) is 0 Å². The molecule has 0 heterocycles. The van der Waals surface area contributed by atoms with Gasteiger partial charge in [0.25, 0.3) is 0 Å². The molecule has 0 N–H and O–H groups in total. The molecule has 0 saturated heterocycles. The number of hydrogen-bond acceptors (Lipinski definition) is 1. The maximum Gasteiger partial charge on any atom is 0.0653 e. The predicted molar refractivity (Wildman–Crippen MR) is 63.6 cm³/mol. The highest BCUT2D eigenvalue weighted by Gasteiger charge is 2.12. The van der Waals surface area contributed by atoms with Gasteiger partial charge in [0, 0.05) is 5.92 Å². The van der Waals surface area contributed by atoms with Gasteiger partial charge in [0.1, 0.15) is 0 Å². The summed E-state index contributed by atoms with van der Waals surface area (Å²) < 4.78 is 0. The van der Waals surface area contributed by atoms with Gasteiger partial charge >= 0.3 is 0 Å². The Kier molecular flexibility index (Phi) is 4.37. The zero-order valence-electron chi connectivity index (χ0n) is 9.83. The monoisotopic (exact) mass is 201 g/mol. The molecule has 0 aliphatic rings. The minimum atomic E-state index is 0.149. The van der Waals surface area contributed by atoms with Crippen molar-refractivity contribution in [1.82, 2.24) is 0 Å². The fraction of sp³-hybridized carbons (Fsp3) is 0.500. The first-order valence-electron chi connectivity index (χ1n) is 5.63. The normalized spacial score (nSPS) is 14.3. The summed E-state index contributed by atoms with van der Waals surface area (Å²) in [7, 11) is 0. The van der Waals surface area contributed by atoms with Crippen molar-refractivity contribution in [2.45, 2.75) is 39.5 Å². The van der Waals surface area contributed by atoms with Crippen molar-refractivity contribution in [2.75, 3.05) is 0 Å². The van der Waals surface area contributed by atoms with E-state index in [9.17, 15) is 0 Å². The van der Waals surface area contributed by atoms with Gasteiger partial charge in [-0.1, -0.05) is 36.8 Å². The van der Waals surface area contributed by atoms with Crippen LogP contribution in [0.5, 0.6) is 0 Å². The highest BCUT2D eigenvalue weighted by molar-refractivity contribution is 5.24. The van der Waals surface area contributed by atoms with Crippen molar-refractivity contribution in [3.05, 3.63) is 35.4 Å². The van der Waals surface area contributed by atoms with E-state index in [4.69, 9.17) is 5.26 Å². The minimum Gasteiger partial charge on any atom is -0.198 e. The van der Waals surface area contributed by atoms with Gasteiger partial charge < -0.3 is 0 Å². The summed E-state index contributed by atoms with van der Waals surface area (Å²) in [6, 6.07) is 11.0. The predicted octanol–water partition coefficient (Wildman–Crippen LogP) is 4.04. The second kappa shape index (κ2) is 5.56. The number of nitriles is 1. The molecule has 0 spiro atoms. The quantitative estimate of drug-likeness (QED) is 0.721. The van der Waals surface area contributed by atoms with Crippen LogP contribution in [-0.4, -0.2) is 0 Å². The average molecular weight is 201 g/mol. The van der Waals surface area contributed by atoms with Gasteiger partial charge in [-0.3, -0.25) is 0 Å². The van der Waals surface area contributed by atoms with Gasteiger partial charge in [-0.15, -0.1) is 0 Å². The molecule has 1 heteroatoms. The molecule has 80 valence electrons. The zero-order chi connectivity index (χ0) is 11.3. The van der Waals surface area contributed by atoms with Gasteiger partial charge in [-0.25, -0.2) is 0 Å². The van der Waals surface area contributed by atoms with Gasteiger partial charge in [0.15, 0.2) is 0 Å². The number of nitrogens with zero attached hydrogens (tertiary/aromatic N) is 1. The number of aryl methyl sites for hydroxylation is 1. The number of hydrogen-bond donors (Lipinski definition) is 0. The van der Waals surface area contributed by atoms with E-state index in [2.05, 4.69) is 44.2 Å². The third-order valence-electron chi connectivity index (χ3n) is 2.90. The summed E-state index contributed by atoms with van der Waals surface area (Å²) in [6.07, 6.45) is 2.07. The lowest BCUT2D eigenvalue weighted by Crippen LogP contribution is -2.02. The van der Waals surface area contributed by atoms with Crippen LogP contribution in [0.4, 0.5) is 0 Å². The van der Waals surface area contributed by atoms with Crippen LogP contribution in [0.3, 0.4) is 0 Å². The highest BCUT2D eigenvalue weighted by atomic mass is 14.3. The summed E-state index contributed by atoms with van der Waals surface area (Å²) in [5, 5.41) is 8.82. The Bertz CT molecular complexity index is 331. The van der Waals surface area contributed by atoms with Crippen molar-refractivity contribution in [3.63, 3.8) is 0 Å². The second-order valence-electron chi connectivity index (χ2n) is 4.28. The molecule has 0 saturated carbocycles. The molecular weight excluding hydrogens is 182 g/mol. The third-order valence-corrected chi connectivity index (χ3v) is 2.90. The summed E-state index contributed by atoms with van der Waals surface area (Å²) >= 11 is 0. The Balaban J connectivity index is 2.75. The van der Waals surface area contributed by atoms with Crippen LogP contribution in [0.2, 0.25) is 0 Å². The molecular formula is C14H19N. The van der Waals surface area contributed by atoms with E-state index in [-0.39, 0.29) is 5.92 Å². The molecule has 1 nitrogen and oxygen atoms in total. The van der Waals surface area contributed by atoms with E-state index in [0.29, 0.717) is 5.92 Å². The third kappa shape index (κ3) is 3.40. The minimum absolute atomic E-state index is 0.149. The summed E-state index contributed by atoms with van der Waals surface area (Å²) in [5.41, 5.74) is 2.66. The van der Waals surface area contributed by atoms with Crippen LogP contribution >= 0.6 is 0 Å². The van der Waals surface area contributed by atoms with E-state index in [0.717, 1.165) is 12.8 Å². The van der Waals surface area contributed by atoms with E-state index < -0.39 is 0 Å². The molecule has 0 aliphatic carbocycles. The Hall–Kier alpha value is -1.29. The Morgan fingerprint density at radius 1 is 1.27 bits per heavy atom. The van der Waals surface area contributed by atoms with E-state index in [1.54, 1.807) is 0 Å². The fourth-order valence-corrected chi connectivity index (χ4v) is 1.86. The molecule has 2 atom stereocenters. The molecule has 0 aliphatic heterocycles. The lowest BCUT2D eigenvalue weighted by molar-refractivity contribution is 0.531. The standard InChI is InChI=1S/C14H19N/c1-4-13(9-12(3)10-15)14-7-5-11(2)6-8-14/h5-8,12-13H,4,9H2,1-3H3. The van der Waals surface area contributed by atoms with Crippen LogP contribution < -0.4 is 0 Å².